The van der Waals surface area contributed by atoms with Crippen molar-refractivity contribution in [1.29, 1.82) is 0 Å². The third-order valence-corrected chi connectivity index (χ3v) is 9.17. The molecular weight excluding hydrogens is 720 g/mol. The van der Waals surface area contributed by atoms with Crippen molar-refractivity contribution in [2.75, 3.05) is 26.4 Å². The van der Waals surface area contributed by atoms with Crippen molar-refractivity contribution in [2.45, 2.75) is 79.4 Å². The number of ether oxygens (including phenoxy) is 6. The zero-order chi connectivity index (χ0) is 38.5. The SMILES string of the molecule is O=c1c(O[C@@H]2O[C@H](CO)[C@H](O)[C@H](O)[C@@H]2O[C@@H]2OC[C@](O)(CO)[C@H]2O)c(-c2ccc(O)c(O)c2)oc2cc(O[C@@H]3O[C@H](CO)[C@@H](O)[C@H](O)[C@H]3O)cc(O)c12. The molecule has 0 amide bonds. The molecular formula is C32H38O21. The summed E-state index contributed by atoms with van der Waals surface area (Å²) in [6, 6.07) is 5.12. The van der Waals surface area contributed by atoms with Crippen LogP contribution in [0.25, 0.3) is 22.3 Å². The third-order valence-electron chi connectivity index (χ3n) is 9.17. The van der Waals surface area contributed by atoms with Gasteiger partial charge in [-0.2, -0.15) is 0 Å². The van der Waals surface area contributed by atoms with Gasteiger partial charge in [-0.25, -0.2) is 0 Å². The first-order valence-corrected chi connectivity index (χ1v) is 16.0. The van der Waals surface area contributed by atoms with Gasteiger partial charge in [0.1, 0.15) is 76.9 Å². The standard InChI is InChI=1S/C32H38O21/c33-6-16-19(39)22(42)24(44)29(50-16)48-11-4-14(38)18-15(5-11)49-25(10-1-2-12(36)13(37)3-10)26(21(18)41)52-30-27(23(43)20(40)17(7-34)51-30)53-31-28(45)32(46,8-35)9-47-31/h1-5,16-17,19-20,22-24,27-31,33-40,42-46H,6-9H2/t16-,17-,19-,20+,22+,23+,24-,27+,28+,29-,30+,31+,32-/m1/s1. The molecule has 0 bridgehead atoms. The summed E-state index contributed by atoms with van der Waals surface area (Å²) in [6.07, 6.45) is -21.3. The van der Waals surface area contributed by atoms with E-state index in [1.54, 1.807) is 0 Å². The van der Waals surface area contributed by atoms with E-state index >= 15 is 0 Å². The van der Waals surface area contributed by atoms with Gasteiger partial charge >= 0.3 is 0 Å². The largest absolute Gasteiger partial charge is 0.507 e. The lowest BCUT2D eigenvalue weighted by molar-refractivity contribution is -0.319. The molecule has 13 atom stereocenters. The highest BCUT2D eigenvalue weighted by atomic mass is 16.8. The lowest BCUT2D eigenvalue weighted by atomic mass is 9.98. The lowest BCUT2D eigenvalue weighted by Gasteiger charge is -2.42. The first-order chi connectivity index (χ1) is 25.1. The number of aromatic hydroxyl groups is 3. The van der Waals surface area contributed by atoms with Gasteiger partial charge in [-0.1, -0.05) is 0 Å². The Hall–Kier alpha value is -3.91. The molecule has 3 aliphatic heterocycles. The quantitative estimate of drug-likeness (QED) is 0.0865. The second-order valence-electron chi connectivity index (χ2n) is 12.7. The van der Waals surface area contributed by atoms with E-state index in [0.717, 1.165) is 24.3 Å². The molecule has 0 spiro atoms. The van der Waals surface area contributed by atoms with E-state index in [2.05, 4.69) is 0 Å². The summed E-state index contributed by atoms with van der Waals surface area (Å²) in [6.45, 7) is -3.22. The Labute approximate surface area is 296 Å². The Kier molecular flexibility index (Phi) is 11.0. The Morgan fingerprint density at radius 1 is 0.736 bits per heavy atom. The van der Waals surface area contributed by atoms with E-state index in [1.165, 1.54) is 6.07 Å². The van der Waals surface area contributed by atoms with Gasteiger partial charge in [0.15, 0.2) is 29.7 Å². The molecule has 3 fully saturated rings. The van der Waals surface area contributed by atoms with E-state index in [9.17, 15) is 71.2 Å². The monoisotopic (exact) mass is 758 g/mol. The van der Waals surface area contributed by atoms with Crippen LogP contribution in [0, 0.1) is 0 Å². The van der Waals surface area contributed by atoms with Gasteiger partial charge < -0.3 is 99.2 Å². The minimum atomic E-state index is -2.18. The molecule has 1 aromatic heterocycles. The molecule has 3 aromatic rings. The third kappa shape index (κ3) is 7.08. The lowest BCUT2D eigenvalue weighted by Crippen LogP contribution is -2.62. The molecule has 4 heterocycles. The fraction of sp³-hybridized carbons (Fsp3) is 0.531. The Bertz CT molecular complexity index is 1830. The van der Waals surface area contributed by atoms with Crippen molar-refractivity contribution < 1.29 is 99.2 Å². The zero-order valence-electron chi connectivity index (χ0n) is 27.2. The van der Waals surface area contributed by atoms with Crippen molar-refractivity contribution in [1.82, 2.24) is 0 Å². The Morgan fingerprint density at radius 2 is 1.40 bits per heavy atom. The zero-order valence-corrected chi connectivity index (χ0v) is 27.2. The number of phenolic OH excluding ortho intramolecular Hbond substituents is 3. The maximum atomic E-state index is 14.2. The molecule has 292 valence electrons. The summed E-state index contributed by atoms with van der Waals surface area (Å²) >= 11 is 0. The highest BCUT2D eigenvalue weighted by Crippen LogP contribution is 2.41. The Morgan fingerprint density at radius 3 is 2.02 bits per heavy atom. The molecule has 6 rings (SSSR count). The number of hydrogen-bond acceptors (Lipinski definition) is 21. The summed E-state index contributed by atoms with van der Waals surface area (Å²) in [5, 5.41) is 133. The summed E-state index contributed by atoms with van der Waals surface area (Å²) < 4.78 is 39.3. The van der Waals surface area contributed by atoms with Gasteiger partial charge in [0.25, 0.3) is 0 Å². The smallest absolute Gasteiger partial charge is 0.239 e. The fourth-order valence-electron chi connectivity index (χ4n) is 6.06. The number of benzene rings is 2. The van der Waals surface area contributed by atoms with Crippen LogP contribution < -0.4 is 14.9 Å². The molecule has 53 heavy (non-hydrogen) atoms. The molecule has 0 unspecified atom stereocenters. The number of hydrogen-bond donors (Lipinski definition) is 13. The van der Waals surface area contributed by atoms with Gasteiger partial charge in [0.2, 0.25) is 23.8 Å². The van der Waals surface area contributed by atoms with Crippen LogP contribution in [0.2, 0.25) is 0 Å². The van der Waals surface area contributed by atoms with Crippen LogP contribution in [-0.2, 0) is 18.9 Å². The number of aliphatic hydroxyl groups excluding tert-OH is 9. The summed E-state index contributed by atoms with van der Waals surface area (Å²) in [5.41, 5.74) is -3.87. The fourth-order valence-corrected chi connectivity index (χ4v) is 6.06. The first kappa shape index (κ1) is 38.8. The van der Waals surface area contributed by atoms with Crippen LogP contribution >= 0.6 is 0 Å². The maximum absolute atomic E-state index is 14.2. The van der Waals surface area contributed by atoms with Crippen LogP contribution in [0.3, 0.4) is 0 Å². The molecule has 3 aliphatic rings. The number of rotatable bonds is 10. The van der Waals surface area contributed by atoms with Crippen LogP contribution in [-0.4, -0.2) is 172 Å². The number of fused-ring (bicyclic) bond motifs is 1. The molecule has 0 radical (unpaired) electrons. The van der Waals surface area contributed by atoms with Gasteiger partial charge in [-0.15, -0.1) is 0 Å². The van der Waals surface area contributed by atoms with Gasteiger partial charge in [-0.3, -0.25) is 4.79 Å². The topological polar surface area (TPSA) is 349 Å². The van der Waals surface area contributed by atoms with E-state index in [-0.39, 0.29) is 11.3 Å². The van der Waals surface area contributed by atoms with Crippen molar-refractivity contribution in [3.63, 3.8) is 0 Å². The second-order valence-corrected chi connectivity index (χ2v) is 12.7. The average molecular weight is 759 g/mol. The van der Waals surface area contributed by atoms with Gasteiger partial charge in [0.05, 0.1) is 26.4 Å². The van der Waals surface area contributed by atoms with Crippen LogP contribution in [0.15, 0.2) is 39.5 Å². The normalized spacial score (nSPS) is 36.1. The molecule has 21 nitrogen and oxygen atoms in total. The van der Waals surface area contributed by atoms with Crippen LogP contribution in [0.1, 0.15) is 0 Å². The van der Waals surface area contributed by atoms with E-state index in [1.807, 2.05) is 0 Å². The van der Waals surface area contributed by atoms with Crippen molar-refractivity contribution >= 4 is 11.0 Å². The highest BCUT2D eigenvalue weighted by Gasteiger charge is 2.54. The molecule has 2 aromatic carbocycles. The molecule has 0 saturated carbocycles. The van der Waals surface area contributed by atoms with Crippen molar-refractivity contribution in [3.8, 4) is 40.1 Å². The van der Waals surface area contributed by atoms with E-state index in [0.29, 0.717) is 0 Å². The molecule has 21 heteroatoms. The number of aliphatic hydroxyl groups is 10. The van der Waals surface area contributed by atoms with E-state index < -0.39 is 151 Å². The molecule has 0 aliphatic carbocycles. The highest BCUT2D eigenvalue weighted by molar-refractivity contribution is 5.88. The summed E-state index contributed by atoms with van der Waals surface area (Å²) in [5.74, 6) is -3.70. The van der Waals surface area contributed by atoms with Crippen LogP contribution in [0.4, 0.5) is 0 Å². The summed E-state index contributed by atoms with van der Waals surface area (Å²) in [4.78, 5) is 14.2. The summed E-state index contributed by atoms with van der Waals surface area (Å²) in [7, 11) is 0. The maximum Gasteiger partial charge on any atom is 0.239 e. The van der Waals surface area contributed by atoms with Crippen molar-refractivity contribution in [3.05, 3.63) is 40.6 Å². The predicted octanol–water partition coefficient (Wildman–Crippen LogP) is -4.60. The van der Waals surface area contributed by atoms with Gasteiger partial charge in [-0.05, 0) is 18.2 Å². The van der Waals surface area contributed by atoms with Crippen molar-refractivity contribution in [2.24, 2.45) is 0 Å². The van der Waals surface area contributed by atoms with E-state index in [4.69, 9.17) is 32.8 Å². The van der Waals surface area contributed by atoms with Crippen LogP contribution in [0.5, 0.6) is 28.7 Å². The Balaban J connectivity index is 1.43. The minimum Gasteiger partial charge on any atom is -0.507 e. The first-order valence-electron chi connectivity index (χ1n) is 16.0. The number of phenols is 3. The molecule has 13 N–H and O–H groups in total. The minimum absolute atomic E-state index is 0.135. The van der Waals surface area contributed by atoms with Gasteiger partial charge in [0, 0.05) is 17.7 Å². The average Bonchev–Trinajstić information content (AvgIpc) is 3.42. The second kappa shape index (κ2) is 15.1. The molecule has 3 saturated heterocycles. The predicted molar refractivity (Wildman–Crippen MR) is 168 cm³/mol.